The lowest BCUT2D eigenvalue weighted by molar-refractivity contribution is 0.282. The van der Waals surface area contributed by atoms with Gasteiger partial charge in [0.1, 0.15) is 17.2 Å². The molecule has 0 atom stereocenters. The van der Waals surface area contributed by atoms with Crippen molar-refractivity contribution in [3.63, 3.8) is 0 Å². The Morgan fingerprint density at radius 3 is 2.48 bits per heavy atom. The van der Waals surface area contributed by atoms with Crippen LogP contribution in [0.3, 0.4) is 0 Å². The summed E-state index contributed by atoms with van der Waals surface area (Å²) < 4.78 is 1.97. The molecule has 1 aromatic carbocycles. The molecule has 3 N–H and O–H groups in total. The Hall–Kier alpha value is -3.45. The van der Waals surface area contributed by atoms with Crippen LogP contribution in [-0.4, -0.2) is 38.7 Å². The smallest absolute Gasteiger partial charge is 0.167 e. The van der Waals surface area contributed by atoms with Gasteiger partial charge in [-0.1, -0.05) is 12.1 Å². The number of nitrogens with two attached hydrogens (primary N) is 1. The van der Waals surface area contributed by atoms with E-state index < -0.39 is 0 Å². The van der Waals surface area contributed by atoms with E-state index in [4.69, 9.17) is 15.7 Å². The van der Waals surface area contributed by atoms with Gasteiger partial charge in [-0.15, -0.1) is 0 Å². The molecule has 0 saturated heterocycles. The number of aliphatic hydroxyl groups is 1. The minimum absolute atomic E-state index is 0.00358. The quantitative estimate of drug-likeness (QED) is 0.581. The number of hydrogen-bond donors (Lipinski definition) is 2. The number of imidazole rings is 1. The van der Waals surface area contributed by atoms with Crippen LogP contribution in [0.15, 0.2) is 54.7 Å². The summed E-state index contributed by atoms with van der Waals surface area (Å²) in [6.45, 7) is -0.00358. The molecule has 3 aromatic heterocycles. The van der Waals surface area contributed by atoms with Crippen LogP contribution in [0.4, 0.5) is 11.6 Å². The number of aromatic nitrogens is 4. The molecular formula is C20H20N6O. The number of hydrogen-bond acceptors (Lipinski definition) is 6. The fourth-order valence-corrected chi connectivity index (χ4v) is 2.98. The van der Waals surface area contributed by atoms with Gasteiger partial charge in [0.15, 0.2) is 11.5 Å². The second kappa shape index (κ2) is 6.69. The Bertz CT molecular complexity index is 1100. The molecule has 4 aromatic rings. The van der Waals surface area contributed by atoms with Gasteiger partial charge in [-0.05, 0) is 42.0 Å². The van der Waals surface area contributed by atoms with Crippen molar-refractivity contribution in [1.82, 2.24) is 19.5 Å². The molecule has 0 bridgehead atoms. The molecule has 136 valence electrons. The Kier molecular flexibility index (Phi) is 4.21. The Balaban J connectivity index is 2.03. The summed E-state index contributed by atoms with van der Waals surface area (Å²) >= 11 is 0. The zero-order chi connectivity index (χ0) is 19.0. The van der Waals surface area contributed by atoms with E-state index in [9.17, 15) is 5.11 Å². The molecule has 0 aliphatic rings. The van der Waals surface area contributed by atoms with Crippen LogP contribution in [0.5, 0.6) is 0 Å². The van der Waals surface area contributed by atoms with Gasteiger partial charge in [-0.3, -0.25) is 4.57 Å². The zero-order valence-corrected chi connectivity index (χ0v) is 15.2. The molecule has 0 aliphatic carbocycles. The first kappa shape index (κ1) is 17.0. The minimum Gasteiger partial charge on any atom is -0.392 e. The third-order valence-corrected chi connectivity index (χ3v) is 4.40. The molecule has 0 unspecified atom stereocenters. The first-order chi connectivity index (χ1) is 13.1. The van der Waals surface area contributed by atoms with E-state index in [-0.39, 0.29) is 6.61 Å². The predicted octanol–water partition coefficient (Wildman–Crippen LogP) is 2.62. The van der Waals surface area contributed by atoms with Gasteiger partial charge in [0.2, 0.25) is 0 Å². The molecule has 3 heterocycles. The van der Waals surface area contributed by atoms with Gasteiger partial charge in [0, 0.05) is 26.0 Å². The first-order valence-electron chi connectivity index (χ1n) is 8.56. The highest BCUT2D eigenvalue weighted by Gasteiger charge is 2.18. The predicted molar refractivity (Wildman–Crippen MR) is 107 cm³/mol. The standard InChI is InChI=1S/C20H20N6O/c1-25(2)17-10-9-16-20(24-17)26(14-7-5-13(12-27)6-8-14)19(23-16)15-4-3-11-22-18(15)21/h3-11,27H,12H2,1-2H3,(H2,21,22). The molecule has 4 rings (SSSR count). The van der Waals surface area contributed by atoms with E-state index in [0.717, 1.165) is 33.8 Å². The van der Waals surface area contributed by atoms with Crippen LogP contribution in [0.25, 0.3) is 28.2 Å². The Morgan fingerprint density at radius 2 is 1.81 bits per heavy atom. The van der Waals surface area contributed by atoms with Crippen molar-refractivity contribution in [3.05, 3.63) is 60.3 Å². The first-order valence-corrected chi connectivity index (χ1v) is 8.56. The van der Waals surface area contributed by atoms with Gasteiger partial charge in [-0.2, -0.15) is 0 Å². The van der Waals surface area contributed by atoms with Crippen molar-refractivity contribution in [2.45, 2.75) is 6.61 Å². The Labute approximate surface area is 156 Å². The van der Waals surface area contributed by atoms with E-state index in [1.54, 1.807) is 6.20 Å². The monoisotopic (exact) mass is 360 g/mol. The number of nitrogens with zero attached hydrogens (tertiary/aromatic N) is 5. The second-order valence-electron chi connectivity index (χ2n) is 6.44. The normalized spacial score (nSPS) is 11.1. The number of fused-ring (bicyclic) bond motifs is 1. The maximum absolute atomic E-state index is 9.34. The number of anilines is 2. The average Bonchev–Trinajstić information content (AvgIpc) is 3.06. The highest BCUT2D eigenvalue weighted by molar-refractivity contribution is 5.83. The summed E-state index contributed by atoms with van der Waals surface area (Å²) in [5, 5.41) is 9.34. The summed E-state index contributed by atoms with van der Waals surface area (Å²) in [5.41, 5.74) is 10.1. The molecule has 0 amide bonds. The Morgan fingerprint density at radius 1 is 1.04 bits per heavy atom. The summed E-state index contributed by atoms with van der Waals surface area (Å²) in [7, 11) is 3.90. The van der Waals surface area contributed by atoms with Crippen molar-refractivity contribution in [3.8, 4) is 17.1 Å². The van der Waals surface area contributed by atoms with Crippen LogP contribution in [-0.2, 0) is 6.61 Å². The molecule has 0 aliphatic heterocycles. The third kappa shape index (κ3) is 2.98. The lowest BCUT2D eigenvalue weighted by Gasteiger charge is -2.13. The van der Waals surface area contributed by atoms with Crippen molar-refractivity contribution < 1.29 is 5.11 Å². The molecule has 7 heteroatoms. The van der Waals surface area contributed by atoms with Gasteiger partial charge in [0.25, 0.3) is 0 Å². The number of aliphatic hydroxyl groups excluding tert-OH is 1. The number of pyridine rings is 2. The molecule has 0 radical (unpaired) electrons. The molecular weight excluding hydrogens is 340 g/mol. The summed E-state index contributed by atoms with van der Waals surface area (Å²) in [6, 6.07) is 15.3. The fraction of sp³-hybridized carbons (Fsp3) is 0.150. The zero-order valence-electron chi connectivity index (χ0n) is 15.2. The summed E-state index contributed by atoms with van der Waals surface area (Å²) in [6.07, 6.45) is 1.66. The largest absolute Gasteiger partial charge is 0.392 e. The molecule has 7 nitrogen and oxygen atoms in total. The summed E-state index contributed by atoms with van der Waals surface area (Å²) in [4.78, 5) is 15.7. The average molecular weight is 360 g/mol. The van der Waals surface area contributed by atoms with Crippen molar-refractivity contribution in [2.75, 3.05) is 24.7 Å². The fourth-order valence-electron chi connectivity index (χ4n) is 2.98. The lowest BCUT2D eigenvalue weighted by Crippen LogP contribution is -2.11. The van der Waals surface area contributed by atoms with Crippen LogP contribution < -0.4 is 10.6 Å². The van der Waals surface area contributed by atoms with E-state index in [1.165, 1.54) is 0 Å². The summed E-state index contributed by atoms with van der Waals surface area (Å²) in [5.74, 6) is 1.92. The van der Waals surface area contributed by atoms with E-state index >= 15 is 0 Å². The van der Waals surface area contributed by atoms with Crippen LogP contribution >= 0.6 is 0 Å². The lowest BCUT2D eigenvalue weighted by atomic mass is 10.2. The van der Waals surface area contributed by atoms with Crippen molar-refractivity contribution in [2.24, 2.45) is 0 Å². The van der Waals surface area contributed by atoms with Gasteiger partial charge in [-0.25, -0.2) is 15.0 Å². The maximum Gasteiger partial charge on any atom is 0.167 e. The van der Waals surface area contributed by atoms with Gasteiger partial charge >= 0.3 is 0 Å². The van der Waals surface area contributed by atoms with Crippen LogP contribution in [0.2, 0.25) is 0 Å². The third-order valence-electron chi connectivity index (χ3n) is 4.40. The van der Waals surface area contributed by atoms with E-state index in [1.807, 2.05) is 72.1 Å². The molecule has 0 spiro atoms. The highest BCUT2D eigenvalue weighted by atomic mass is 16.3. The van der Waals surface area contributed by atoms with E-state index in [2.05, 4.69) is 4.98 Å². The van der Waals surface area contributed by atoms with Crippen LogP contribution in [0.1, 0.15) is 5.56 Å². The van der Waals surface area contributed by atoms with Gasteiger partial charge in [0.05, 0.1) is 12.2 Å². The minimum atomic E-state index is -0.00358. The number of rotatable bonds is 4. The van der Waals surface area contributed by atoms with Crippen molar-refractivity contribution >= 4 is 22.8 Å². The SMILES string of the molecule is CN(C)c1ccc2nc(-c3cccnc3N)n(-c3ccc(CO)cc3)c2n1. The van der Waals surface area contributed by atoms with Crippen LogP contribution in [0, 0.1) is 0 Å². The van der Waals surface area contributed by atoms with Crippen molar-refractivity contribution in [1.29, 1.82) is 0 Å². The highest BCUT2D eigenvalue weighted by Crippen LogP contribution is 2.31. The number of benzene rings is 1. The molecule has 0 saturated carbocycles. The molecule has 27 heavy (non-hydrogen) atoms. The molecule has 0 fully saturated rings. The maximum atomic E-state index is 9.34. The van der Waals surface area contributed by atoms with Gasteiger partial charge < -0.3 is 15.7 Å². The number of nitrogen functional groups attached to an aromatic ring is 1. The second-order valence-corrected chi connectivity index (χ2v) is 6.44. The van der Waals surface area contributed by atoms with E-state index in [0.29, 0.717) is 11.6 Å². The topological polar surface area (TPSA) is 93.1 Å².